The Morgan fingerprint density at radius 1 is 0.960 bits per heavy atom. The van der Waals surface area contributed by atoms with Crippen LogP contribution in [-0.2, 0) is 9.59 Å². The SMILES string of the molecule is CC(=O)N1CCC(=N)N(C(C)=O)C1c1ccc(C2CCCCC2)cc1. The summed E-state index contributed by atoms with van der Waals surface area (Å²) in [6.07, 6.45) is 6.32. The molecule has 1 aromatic carbocycles. The lowest BCUT2D eigenvalue weighted by Gasteiger charge is -2.43. The second-order valence-electron chi connectivity index (χ2n) is 7.17. The Kier molecular flexibility index (Phi) is 5.21. The first kappa shape index (κ1) is 17.6. The number of carbonyl (C=O) groups is 2. The topological polar surface area (TPSA) is 64.5 Å². The van der Waals surface area contributed by atoms with Gasteiger partial charge in [-0.2, -0.15) is 0 Å². The zero-order chi connectivity index (χ0) is 18.0. The highest BCUT2D eigenvalue weighted by molar-refractivity contribution is 5.97. The third-order valence-electron chi connectivity index (χ3n) is 5.48. The summed E-state index contributed by atoms with van der Waals surface area (Å²) < 4.78 is 0. The van der Waals surface area contributed by atoms with Crippen LogP contribution in [0.2, 0.25) is 0 Å². The maximum Gasteiger partial charge on any atom is 0.226 e. The first-order valence-electron chi connectivity index (χ1n) is 9.23. The number of benzene rings is 1. The Balaban J connectivity index is 1.90. The van der Waals surface area contributed by atoms with Gasteiger partial charge in [0.05, 0.1) is 0 Å². The molecule has 1 N–H and O–H groups in total. The molecule has 1 atom stereocenters. The molecule has 0 bridgehead atoms. The second-order valence-corrected chi connectivity index (χ2v) is 7.17. The van der Waals surface area contributed by atoms with Crippen molar-refractivity contribution in [2.75, 3.05) is 6.54 Å². The Labute approximate surface area is 149 Å². The molecule has 2 aliphatic rings. The summed E-state index contributed by atoms with van der Waals surface area (Å²) in [6, 6.07) is 8.33. The molecule has 1 saturated carbocycles. The van der Waals surface area contributed by atoms with Crippen LogP contribution in [0.5, 0.6) is 0 Å². The molecule has 5 heteroatoms. The summed E-state index contributed by atoms with van der Waals surface area (Å²) in [5, 5.41) is 8.16. The van der Waals surface area contributed by atoms with Crippen molar-refractivity contribution in [2.24, 2.45) is 0 Å². The average molecular weight is 341 g/mol. The summed E-state index contributed by atoms with van der Waals surface area (Å²) >= 11 is 0. The molecule has 1 heterocycles. The van der Waals surface area contributed by atoms with Crippen molar-refractivity contribution < 1.29 is 9.59 Å². The van der Waals surface area contributed by atoms with Gasteiger partial charge in [-0.25, -0.2) is 0 Å². The van der Waals surface area contributed by atoms with E-state index in [1.54, 1.807) is 4.90 Å². The van der Waals surface area contributed by atoms with E-state index in [-0.39, 0.29) is 17.6 Å². The molecule has 5 nitrogen and oxygen atoms in total. The van der Waals surface area contributed by atoms with Crippen LogP contribution >= 0.6 is 0 Å². The summed E-state index contributed by atoms with van der Waals surface area (Å²) in [5.74, 6) is 0.643. The highest BCUT2D eigenvalue weighted by Gasteiger charge is 2.37. The molecule has 25 heavy (non-hydrogen) atoms. The number of amidine groups is 1. The highest BCUT2D eigenvalue weighted by Crippen LogP contribution is 2.35. The van der Waals surface area contributed by atoms with Crippen LogP contribution in [0.3, 0.4) is 0 Å². The zero-order valence-electron chi connectivity index (χ0n) is 15.1. The minimum atomic E-state index is -0.503. The van der Waals surface area contributed by atoms with Crippen molar-refractivity contribution in [3.05, 3.63) is 35.4 Å². The Morgan fingerprint density at radius 3 is 2.12 bits per heavy atom. The summed E-state index contributed by atoms with van der Waals surface area (Å²) in [7, 11) is 0. The number of hydrogen-bond acceptors (Lipinski definition) is 3. The lowest BCUT2D eigenvalue weighted by atomic mass is 9.84. The normalized spacial score (nSPS) is 22.2. The Hall–Kier alpha value is -2.17. The van der Waals surface area contributed by atoms with E-state index in [1.807, 2.05) is 12.1 Å². The van der Waals surface area contributed by atoms with Crippen molar-refractivity contribution in [2.45, 2.75) is 64.5 Å². The Bertz CT molecular complexity index is 662. The monoisotopic (exact) mass is 341 g/mol. The number of nitrogens with one attached hydrogen (secondary N) is 1. The first-order chi connectivity index (χ1) is 12.0. The molecule has 0 radical (unpaired) electrons. The highest BCUT2D eigenvalue weighted by atomic mass is 16.2. The smallest absolute Gasteiger partial charge is 0.226 e. The summed E-state index contributed by atoms with van der Waals surface area (Å²) in [6.45, 7) is 3.46. The number of amides is 2. The van der Waals surface area contributed by atoms with Crippen molar-refractivity contribution in [1.29, 1.82) is 5.41 Å². The standard InChI is InChI=1S/C20H27N3O2/c1-14(24)22-13-12-19(21)23(15(2)25)20(22)18-10-8-17(9-11-18)16-6-4-3-5-7-16/h8-11,16,20-21H,3-7,12-13H2,1-2H3. The third kappa shape index (κ3) is 3.60. The molecule has 1 aliphatic heterocycles. The van der Waals surface area contributed by atoms with E-state index >= 15 is 0 Å². The van der Waals surface area contributed by atoms with E-state index in [1.165, 1.54) is 56.4 Å². The maximum atomic E-state index is 12.1. The van der Waals surface area contributed by atoms with Crippen LogP contribution in [0.4, 0.5) is 0 Å². The van der Waals surface area contributed by atoms with Gasteiger partial charge in [-0.3, -0.25) is 19.9 Å². The predicted octanol–water partition coefficient (Wildman–Crippen LogP) is 3.81. The zero-order valence-corrected chi connectivity index (χ0v) is 15.1. The van der Waals surface area contributed by atoms with Crippen LogP contribution in [0.1, 0.15) is 75.6 Å². The van der Waals surface area contributed by atoms with Gasteiger partial charge in [0.25, 0.3) is 0 Å². The second kappa shape index (κ2) is 7.38. The fourth-order valence-electron chi connectivity index (χ4n) is 4.15. The molecular formula is C20H27N3O2. The number of rotatable bonds is 2. The lowest BCUT2D eigenvalue weighted by molar-refractivity contribution is -0.141. The average Bonchev–Trinajstić information content (AvgIpc) is 2.61. The number of nitrogens with zero attached hydrogens (tertiary/aromatic N) is 2. The van der Waals surface area contributed by atoms with Gasteiger partial charge in [0.2, 0.25) is 11.8 Å². The molecule has 2 fully saturated rings. The van der Waals surface area contributed by atoms with Crippen molar-refractivity contribution >= 4 is 17.6 Å². The fourth-order valence-corrected chi connectivity index (χ4v) is 4.15. The molecule has 1 unspecified atom stereocenters. The van der Waals surface area contributed by atoms with E-state index in [0.29, 0.717) is 18.9 Å². The predicted molar refractivity (Wildman–Crippen MR) is 97.3 cm³/mol. The molecule has 1 aliphatic carbocycles. The van der Waals surface area contributed by atoms with Gasteiger partial charge in [0.15, 0.2) is 0 Å². The number of carbonyl (C=O) groups excluding carboxylic acids is 2. The molecule has 0 aromatic heterocycles. The molecule has 3 rings (SSSR count). The van der Waals surface area contributed by atoms with E-state index < -0.39 is 6.17 Å². The minimum Gasteiger partial charge on any atom is -0.317 e. The van der Waals surface area contributed by atoms with Crippen LogP contribution < -0.4 is 0 Å². The first-order valence-corrected chi connectivity index (χ1v) is 9.23. The van der Waals surface area contributed by atoms with Gasteiger partial charge < -0.3 is 4.90 Å². The van der Waals surface area contributed by atoms with Crippen LogP contribution in [-0.4, -0.2) is 34.0 Å². The van der Waals surface area contributed by atoms with E-state index in [9.17, 15) is 9.59 Å². The quantitative estimate of drug-likeness (QED) is 0.889. The van der Waals surface area contributed by atoms with Crippen molar-refractivity contribution in [3.63, 3.8) is 0 Å². The molecule has 1 saturated heterocycles. The van der Waals surface area contributed by atoms with E-state index in [4.69, 9.17) is 5.41 Å². The van der Waals surface area contributed by atoms with Gasteiger partial charge >= 0.3 is 0 Å². The van der Waals surface area contributed by atoms with Crippen molar-refractivity contribution in [1.82, 2.24) is 9.80 Å². The summed E-state index contributed by atoms with van der Waals surface area (Å²) in [5.41, 5.74) is 2.24. The lowest BCUT2D eigenvalue weighted by Crippen LogP contribution is -2.53. The molecular weight excluding hydrogens is 314 g/mol. The molecule has 1 aromatic rings. The van der Waals surface area contributed by atoms with Gasteiger partial charge in [0, 0.05) is 26.8 Å². The van der Waals surface area contributed by atoms with E-state index in [0.717, 1.165) is 5.56 Å². The maximum absolute atomic E-state index is 12.1. The molecule has 0 spiro atoms. The largest absolute Gasteiger partial charge is 0.317 e. The number of hydrogen-bond donors (Lipinski definition) is 1. The van der Waals surface area contributed by atoms with Gasteiger partial charge in [0.1, 0.15) is 12.0 Å². The molecule has 2 amide bonds. The van der Waals surface area contributed by atoms with Crippen LogP contribution in [0.15, 0.2) is 24.3 Å². The third-order valence-corrected chi connectivity index (χ3v) is 5.48. The van der Waals surface area contributed by atoms with Crippen molar-refractivity contribution in [3.8, 4) is 0 Å². The molecule has 134 valence electrons. The van der Waals surface area contributed by atoms with Gasteiger partial charge in [-0.05, 0) is 29.9 Å². The minimum absolute atomic E-state index is 0.0693. The fraction of sp³-hybridized carbons (Fsp3) is 0.550. The van der Waals surface area contributed by atoms with Crippen LogP contribution in [0.25, 0.3) is 0 Å². The van der Waals surface area contributed by atoms with Gasteiger partial charge in [-0.1, -0.05) is 43.5 Å². The summed E-state index contributed by atoms with van der Waals surface area (Å²) in [4.78, 5) is 27.3. The van der Waals surface area contributed by atoms with Crippen LogP contribution in [0, 0.1) is 5.41 Å². The van der Waals surface area contributed by atoms with E-state index in [2.05, 4.69) is 12.1 Å². The Morgan fingerprint density at radius 2 is 1.56 bits per heavy atom. The van der Waals surface area contributed by atoms with Gasteiger partial charge in [-0.15, -0.1) is 0 Å².